The molecular formula is C19H25N3O6S. The van der Waals surface area contributed by atoms with Crippen LogP contribution in [0.4, 0.5) is 0 Å². The first-order valence-electron chi connectivity index (χ1n) is 8.99. The molecule has 0 bridgehead atoms. The Morgan fingerprint density at radius 3 is 2.52 bits per heavy atom. The highest BCUT2D eigenvalue weighted by Crippen LogP contribution is 2.32. The topological polar surface area (TPSA) is 113 Å². The monoisotopic (exact) mass is 423 g/mol. The van der Waals surface area contributed by atoms with Gasteiger partial charge in [0.1, 0.15) is 6.04 Å². The molecule has 0 aliphatic carbocycles. The molecule has 0 spiro atoms. The second kappa shape index (κ2) is 10.7. The predicted molar refractivity (Wildman–Crippen MR) is 107 cm³/mol. The summed E-state index contributed by atoms with van der Waals surface area (Å²) in [6.45, 7) is 3.82. The molecular weight excluding hydrogens is 398 g/mol. The van der Waals surface area contributed by atoms with Crippen LogP contribution in [0.2, 0.25) is 0 Å². The minimum absolute atomic E-state index is 0.0253. The van der Waals surface area contributed by atoms with Crippen molar-refractivity contribution < 1.29 is 28.2 Å². The SMILES string of the molecule is CC[C@@H](C)[C@H](NC(=O)CSc1nnc(-c2ccc(OC)c(OC)c2)o1)C(=O)OC. The number of carbonyl (C=O) groups excluding carboxylic acids is 2. The lowest BCUT2D eigenvalue weighted by atomic mass is 9.99. The molecule has 0 saturated carbocycles. The van der Waals surface area contributed by atoms with Crippen molar-refractivity contribution in [2.24, 2.45) is 5.92 Å². The molecule has 1 aromatic carbocycles. The first-order chi connectivity index (χ1) is 13.9. The lowest BCUT2D eigenvalue weighted by Gasteiger charge is -2.21. The van der Waals surface area contributed by atoms with Crippen LogP contribution in [0.5, 0.6) is 11.5 Å². The Morgan fingerprint density at radius 2 is 1.90 bits per heavy atom. The number of carbonyl (C=O) groups is 2. The third-order valence-corrected chi connectivity index (χ3v) is 5.17. The summed E-state index contributed by atoms with van der Waals surface area (Å²) in [6, 6.07) is 4.53. The van der Waals surface area contributed by atoms with Gasteiger partial charge in [-0.1, -0.05) is 32.0 Å². The number of methoxy groups -OCH3 is 3. The van der Waals surface area contributed by atoms with Gasteiger partial charge in [0.15, 0.2) is 11.5 Å². The highest BCUT2D eigenvalue weighted by Gasteiger charge is 2.26. The summed E-state index contributed by atoms with van der Waals surface area (Å²) in [4.78, 5) is 24.1. The number of amides is 1. The number of nitrogens with one attached hydrogen (secondary N) is 1. The lowest BCUT2D eigenvalue weighted by Crippen LogP contribution is -2.46. The lowest BCUT2D eigenvalue weighted by molar-refractivity contribution is -0.146. The molecule has 0 unspecified atom stereocenters. The van der Waals surface area contributed by atoms with Gasteiger partial charge in [0.2, 0.25) is 11.8 Å². The highest BCUT2D eigenvalue weighted by atomic mass is 32.2. The van der Waals surface area contributed by atoms with Gasteiger partial charge in [-0.2, -0.15) is 0 Å². The number of thioether (sulfide) groups is 1. The smallest absolute Gasteiger partial charge is 0.328 e. The molecule has 0 aliphatic rings. The van der Waals surface area contributed by atoms with Crippen molar-refractivity contribution in [1.29, 1.82) is 0 Å². The number of esters is 1. The third-order valence-electron chi connectivity index (χ3n) is 4.35. The zero-order valence-electron chi connectivity index (χ0n) is 17.1. The molecule has 2 aromatic rings. The highest BCUT2D eigenvalue weighted by molar-refractivity contribution is 7.99. The summed E-state index contributed by atoms with van der Waals surface area (Å²) in [5.41, 5.74) is 0.661. The first kappa shape index (κ1) is 22.5. The van der Waals surface area contributed by atoms with Gasteiger partial charge in [-0.05, 0) is 24.1 Å². The first-order valence-corrected chi connectivity index (χ1v) is 9.97. The fourth-order valence-electron chi connectivity index (χ4n) is 2.49. The second-order valence-corrected chi connectivity index (χ2v) is 7.11. The summed E-state index contributed by atoms with van der Waals surface area (Å²) in [7, 11) is 4.39. The van der Waals surface area contributed by atoms with E-state index in [0.29, 0.717) is 23.0 Å². The molecule has 158 valence electrons. The third kappa shape index (κ3) is 5.86. The molecule has 10 heteroatoms. The average Bonchev–Trinajstić information content (AvgIpc) is 3.23. The van der Waals surface area contributed by atoms with Gasteiger partial charge in [-0.3, -0.25) is 4.79 Å². The van der Waals surface area contributed by atoms with E-state index in [1.54, 1.807) is 25.3 Å². The van der Waals surface area contributed by atoms with Crippen molar-refractivity contribution in [3.63, 3.8) is 0 Å². The Labute approximate surface area is 173 Å². The fraction of sp³-hybridized carbons (Fsp3) is 0.474. The van der Waals surface area contributed by atoms with Crippen molar-refractivity contribution in [2.75, 3.05) is 27.1 Å². The van der Waals surface area contributed by atoms with Crippen molar-refractivity contribution >= 4 is 23.6 Å². The summed E-state index contributed by atoms with van der Waals surface area (Å²) >= 11 is 1.08. The molecule has 1 aromatic heterocycles. The maximum absolute atomic E-state index is 12.2. The molecule has 1 amide bonds. The van der Waals surface area contributed by atoms with E-state index in [-0.39, 0.29) is 22.8 Å². The van der Waals surface area contributed by atoms with Crippen LogP contribution in [0.15, 0.2) is 27.8 Å². The van der Waals surface area contributed by atoms with Gasteiger partial charge in [-0.15, -0.1) is 10.2 Å². The Hall–Kier alpha value is -2.75. The van der Waals surface area contributed by atoms with Crippen molar-refractivity contribution in [3.05, 3.63) is 18.2 Å². The van der Waals surface area contributed by atoms with Crippen LogP contribution < -0.4 is 14.8 Å². The number of benzene rings is 1. The Kier molecular flexibility index (Phi) is 8.32. The van der Waals surface area contributed by atoms with Crippen molar-refractivity contribution in [1.82, 2.24) is 15.5 Å². The van der Waals surface area contributed by atoms with E-state index in [1.807, 2.05) is 13.8 Å². The minimum Gasteiger partial charge on any atom is -0.493 e. The van der Waals surface area contributed by atoms with Crippen molar-refractivity contribution in [2.45, 2.75) is 31.5 Å². The van der Waals surface area contributed by atoms with E-state index in [4.69, 9.17) is 18.6 Å². The molecule has 29 heavy (non-hydrogen) atoms. The summed E-state index contributed by atoms with van der Waals surface area (Å²) in [5, 5.41) is 10.9. The number of hydrogen-bond acceptors (Lipinski definition) is 9. The van der Waals surface area contributed by atoms with E-state index < -0.39 is 12.0 Å². The number of rotatable bonds is 10. The van der Waals surface area contributed by atoms with Gasteiger partial charge < -0.3 is 23.9 Å². The molecule has 1 N–H and O–H groups in total. The summed E-state index contributed by atoms with van der Waals surface area (Å²) in [6.07, 6.45) is 0.728. The Morgan fingerprint density at radius 1 is 1.17 bits per heavy atom. The van der Waals surface area contributed by atoms with Crippen LogP contribution in [0, 0.1) is 5.92 Å². The average molecular weight is 423 g/mol. The van der Waals surface area contributed by atoms with E-state index in [0.717, 1.165) is 18.2 Å². The van der Waals surface area contributed by atoms with Gasteiger partial charge >= 0.3 is 5.97 Å². The van der Waals surface area contributed by atoms with Crippen LogP contribution in [0.25, 0.3) is 11.5 Å². The maximum Gasteiger partial charge on any atom is 0.328 e. The minimum atomic E-state index is -0.692. The molecule has 0 saturated heterocycles. The van der Waals surface area contributed by atoms with Gasteiger partial charge in [0, 0.05) is 5.56 Å². The quantitative estimate of drug-likeness (QED) is 0.455. The summed E-state index contributed by atoms with van der Waals surface area (Å²) in [5.74, 6) is 0.608. The van der Waals surface area contributed by atoms with Gasteiger partial charge in [-0.25, -0.2) is 4.79 Å². The fourth-order valence-corrected chi connectivity index (χ4v) is 3.07. The van der Waals surface area contributed by atoms with E-state index in [2.05, 4.69) is 15.5 Å². The standard InChI is InChI=1S/C19H25N3O6S/c1-6-11(2)16(18(24)27-5)20-15(23)10-29-19-22-21-17(28-19)12-7-8-13(25-3)14(9-12)26-4/h7-9,11,16H,6,10H2,1-5H3,(H,20,23)/t11-,16+/m1/s1. The number of aromatic nitrogens is 2. The van der Waals surface area contributed by atoms with Crippen molar-refractivity contribution in [3.8, 4) is 23.0 Å². The van der Waals surface area contributed by atoms with Crippen LogP contribution >= 0.6 is 11.8 Å². The largest absolute Gasteiger partial charge is 0.493 e. The normalized spacial score (nSPS) is 12.7. The molecule has 0 fully saturated rings. The molecule has 1 heterocycles. The van der Waals surface area contributed by atoms with Crippen LogP contribution in [-0.4, -0.2) is 55.2 Å². The second-order valence-electron chi connectivity index (χ2n) is 6.19. The number of nitrogens with zero attached hydrogens (tertiary/aromatic N) is 2. The van der Waals surface area contributed by atoms with E-state index in [1.165, 1.54) is 14.2 Å². The maximum atomic E-state index is 12.2. The molecule has 2 rings (SSSR count). The molecule has 9 nitrogen and oxygen atoms in total. The molecule has 0 aliphatic heterocycles. The van der Waals surface area contributed by atoms with Crippen LogP contribution in [-0.2, 0) is 14.3 Å². The zero-order valence-corrected chi connectivity index (χ0v) is 17.9. The van der Waals surface area contributed by atoms with Crippen LogP contribution in [0.3, 0.4) is 0 Å². The van der Waals surface area contributed by atoms with Gasteiger partial charge in [0.25, 0.3) is 5.22 Å². The zero-order chi connectivity index (χ0) is 21.4. The Balaban J connectivity index is 2.00. The molecule has 2 atom stereocenters. The van der Waals surface area contributed by atoms with Gasteiger partial charge in [0.05, 0.1) is 27.1 Å². The molecule has 0 radical (unpaired) electrons. The van der Waals surface area contributed by atoms with E-state index >= 15 is 0 Å². The summed E-state index contributed by atoms with van der Waals surface area (Å²) < 4.78 is 20.8. The Bertz CT molecular complexity index is 841. The van der Waals surface area contributed by atoms with E-state index in [9.17, 15) is 9.59 Å². The number of ether oxygens (including phenoxy) is 3. The predicted octanol–water partition coefficient (Wildman–Crippen LogP) is 2.55. The van der Waals surface area contributed by atoms with Crippen LogP contribution in [0.1, 0.15) is 20.3 Å². The number of hydrogen-bond donors (Lipinski definition) is 1.